The predicted molar refractivity (Wildman–Crippen MR) is 75.4 cm³/mol. The summed E-state index contributed by atoms with van der Waals surface area (Å²) in [5, 5.41) is 0. The molecule has 1 nitrogen and oxygen atoms in total. The van der Waals surface area contributed by atoms with Gasteiger partial charge in [0.05, 0.1) is 0 Å². The summed E-state index contributed by atoms with van der Waals surface area (Å²) < 4.78 is 75.5. The maximum atomic E-state index is 12.2. The Balaban J connectivity index is 5.23. The Hall–Kier alpha value is -0.0200. The first-order valence-corrected chi connectivity index (χ1v) is 7.45. The van der Waals surface area contributed by atoms with Gasteiger partial charge in [0.2, 0.25) is 0 Å². The van der Waals surface area contributed by atoms with Crippen molar-refractivity contribution >= 4 is 31.9 Å². The van der Waals surface area contributed by atoms with Crippen molar-refractivity contribution in [3.63, 3.8) is 0 Å². The van der Waals surface area contributed by atoms with Gasteiger partial charge < -0.3 is 4.74 Å². The predicted octanol–water partition coefficient (Wildman–Crippen LogP) is 6.24. The summed E-state index contributed by atoms with van der Waals surface area (Å²) in [4.78, 5) is 0. The van der Waals surface area contributed by atoms with E-state index in [1.54, 1.807) is 0 Å². The Morgan fingerprint density at radius 1 is 0.714 bits per heavy atom. The summed E-state index contributed by atoms with van der Waals surface area (Å²) in [5.74, 6) is 0. The van der Waals surface area contributed by atoms with E-state index in [0.29, 0.717) is 0 Å². The fraction of sp³-hybridized carbons (Fsp3) is 0.667. The molecule has 0 saturated carbocycles. The molecule has 0 fully saturated rings. The molecule has 0 aliphatic heterocycles. The van der Waals surface area contributed by atoms with Crippen molar-refractivity contribution < 1.29 is 31.1 Å². The molecule has 0 N–H and O–H groups in total. The molecule has 0 bridgehead atoms. The maximum absolute atomic E-state index is 12.2. The van der Waals surface area contributed by atoms with Crippen LogP contribution in [0, 0.1) is 0 Å². The normalized spacial score (nSPS) is 19.9. The molecule has 0 saturated heterocycles. The van der Waals surface area contributed by atoms with Gasteiger partial charge in [0.25, 0.3) is 0 Å². The van der Waals surface area contributed by atoms with Gasteiger partial charge in [-0.2, -0.15) is 26.3 Å². The van der Waals surface area contributed by atoms with Crippen LogP contribution in [0.2, 0.25) is 0 Å². The molecule has 0 aliphatic carbocycles. The van der Waals surface area contributed by atoms with Crippen LogP contribution in [-0.4, -0.2) is 21.4 Å². The number of ether oxygens (including phenoxy) is 1. The number of hydrogen-bond acceptors (Lipinski definition) is 1. The zero-order valence-electron chi connectivity index (χ0n) is 11.2. The van der Waals surface area contributed by atoms with Gasteiger partial charge in [-0.15, -0.1) is 0 Å². The summed E-state index contributed by atoms with van der Waals surface area (Å²) in [6.07, 6.45) is -7.54. The van der Waals surface area contributed by atoms with Crippen LogP contribution >= 0.6 is 31.9 Å². The van der Waals surface area contributed by atoms with E-state index in [4.69, 9.17) is 4.74 Å². The Morgan fingerprint density at radius 2 is 1.00 bits per heavy atom. The summed E-state index contributed by atoms with van der Waals surface area (Å²) >= 11 is 5.96. The average molecular weight is 448 g/mol. The first kappa shape index (κ1) is 21.0. The second-order valence-electron chi connectivity index (χ2n) is 4.13. The first-order chi connectivity index (χ1) is 9.24. The van der Waals surface area contributed by atoms with E-state index >= 15 is 0 Å². The minimum Gasteiger partial charge on any atom is -0.339 e. The summed E-state index contributed by atoms with van der Waals surface area (Å²) in [6.45, 7) is 3.07. The van der Waals surface area contributed by atoms with Gasteiger partial charge in [-0.1, -0.05) is 13.8 Å². The highest BCUT2D eigenvalue weighted by molar-refractivity contribution is 9.10. The molecule has 0 amide bonds. The molecule has 0 rings (SSSR count). The van der Waals surface area contributed by atoms with Crippen molar-refractivity contribution in [2.24, 2.45) is 0 Å². The molecule has 0 aromatic carbocycles. The Labute approximate surface area is 135 Å². The van der Waals surface area contributed by atoms with Crippen molar-refractivity contribution in [2.75, 3.05) is 0 Å². The van der Waals surface area contributed by atoms with Crippen molar-refractivity contribution in [3.05, 3.63) is 24.3 Å². The van der Waals surface area contributed by atoms with E-state index in [1.165, 1.54) is 13.8 Å². The molecular formula is C12H14Br2F6O. The van der Waals surface area contributed by atoms with Crippen LogP contribution < -0.4 is 0 Å². The number of allylic oxidation sites excluding steroid dienone is 2. The second kappa shape index (κ2) is 7.50. The van der Waals surface area contributed by atoms with Crippen LogP contribution in [-0.2, 0) is 4.74 Å². The van der Waals surface area contributed by atoms with E-state index in [2.05, 4.69) is 31.9 Å². The fourth-order valence-corrected chi connectivity index (χ4v) is 2.23. The van der Waals surface area contributed by atoms with Crippen LogP contribution in [0.5, 0.6) is 0 Å². The largest absolute Gasteiger partial charge is 0.409 e. The van der Waals surface area contributed by atoms with Crippen molar-refractivity contribution in [1.82, 2.24) is 0 Å². The lowest BCUT2D eigenvalue weighted by atomic mass is 10.2. The van der Waals surface area contributed by atoms with E-state index in [-0.39, 0.29) is 25.0 Å². The molecule has 2 unspecified atom stereocenters. The summed E-state index contributed by atoms with van der Waals surface area (Å²) in [7, 11) is 0. The van der Waals surface area contributed by atoms with Gasteiger partial charge in [0.1, 0.15) is 9.02 Å². The maximum Gasteiger partial charge on any atom is 0.409 e. The van der Waals surface area contributed by atoms with Crippen LogP contribution in [0.4, 0.5) is 26.3 Å². The molecule has 0 aromatic rings. The van der Waals surface area contributed by atoms with E-state index in [0.717, 1.165) is 12.2 Å². The molecule has 124 valence electrons. The molecule has 0 heterocycles. The third kappa shape index (κ3) is 9.57. The smallest absolute Gasteiger partial charge is 0.339 e. The number of hydrogen-bond donors (Lipinski definition) is 0. The third-order valence-corrected chi connectivity index (χ3v) is 4.32. The van der Waals surface area contributed by atoms with Crippen LogP contribution in [0.3, 0.4) is 0 Å². The zero-order valence-corrected chi connectivity index (χ0v) is 14.3. The monoisotopic (exact) mass is 446 g/mol. The number of halogens is 8. The first-order valence-electron chi connectivity index (χ1n) is 5.86. The van der Waals surface area contributed by atoms with Gasteiger partial charge in [0, 0.05) is 12.2 Å². The highest BCUT2D eigenvalue weighted by Gasteiger charge is 2.36. The molecule has 0 aromatic heterocycles. The lowest BCUT2D eigenvalue weighted by Crippen LogP contribution is -2.34. The fourth-order valence-electron chi connectivity index (χ4n) is 1.17. The van der Waals surface area contributed by atoms with Gasteiger partial charge in [-0.25, -0.2) is 0 Å². The quantitative estimate of drug-likeness (QED) is 0.266. The van der Waals surface area contributed by atoms with Gasteiger partial charge in [0.15, 0.2) is 0 Å². The topological polar surface area (TPSA) is 9.23 Å². The van der Waals surface area contributed by atoms with Gasteiger partial charge in [-0.3, -0.25) is 0 Å². The Bertz CT molecular complexity index is 354. The minimum atomic E-state index is -4.54. The average Bonchev–Trinajstić information content (AvgIpc) is 2.33. The molecule has 21 heavy (non-hydrogen) atoms. The molecule has 2 atom stereocenters. The molecule has 0 spiro atoms. The van der Waals surface area contributed by atoms with Crippen molar-refractivity contribution in [2.45, 2.75) is 48.1 Å². The molecule has 9 heteroatoms. The Morgan fingerprint density at radius 3 is 1.19 bits per heavy atom. The lowest BCUT2D eigenvalue weighted by molar-refractivity contribution is -0.0828. The highest BCUT2D eigenvalue weighted by Crippen LogP contribution is 2.39. The SMILES string of the molecule is CCC(Br)(C=CC(F)(F)F)OC(Br)(C=CC(F)(F)F)CC. The van der Waals surface area contributed by atoms with E-state index in [9.17, 15) is 26.3 Å². The van der Waals surface area contributed by atoms with E-state index < -0.39 is 21.4 Å². The Kier molecular flexibility index (Phi) is 7.49. The number of alkyl halides is 8. The summed E-state index contributed by atoms with van der Waals surface area (Å²) in [5.41, 5.74) is 0. The lowest BCUT2D eigenvalue weighted by Gasteiger charge is -2.33. The van der Waals surface area contributed by atoms with Crippen molar-refractivity contribution in [3.8, 4) is 0 Å². The van der Waals surface area contributed by atoms with Crippen LogP contribution in [0.15, 0.2) is 24.3 Å². The summed E-state index contributed by atoms with van der Waals surface area (Å²) in [6, 6.07) is 0. The number of rotatable bonds is 6. The highest BCUT2D eigenvalue weighted by atomic mass is 79.9. The molecule has 0 aliphatic rings. The van der Waals surface area contributed by atoms with Crippen LogP contribution in [0.1, 0.15) is 26.7 Å². The minimum absolute atomic E-state index is 0.0260. The van der Waals surface area contributed by atoms with Gasteiger partial charge in [-0.05, 0) is 56.9 Å². The zero-order chi connectivity index (χ0) is 16.9. The third-order valence-electron chi connectivity index (χ3n) is 2.35. The van der Waals surface area contributed by atoms with Gasteiger partial charge >= 0.3 is 12.4 Å². The molecular weight excluding hydrogens is 434 g/mol. The standard InChI is InChI=1S/C12H14Br2F6O/c1-3-9(13,5-7-11(15,16)17)21-10(14,4-2)6-8-12(18,19)20/h5-8H,3-4H2,1-2H3. The van der Waals surface area contributed by atoms with Crippen molar-refractivity contribution in [1.29, 1.82) is 0 Å². The van der Waals surface area contributed by atoms with Crippen LogP contribution in [0.25, 0.3) is 0 Å². The van der Waals surface area contributed by atoms with E-state index in [1.807, 2.05) is 0 Å². The molecule has 0 radical (unpaired) electrons. The second-order valence-corrected chi connectivity index (χ2v) is 6.82.